The first-order valence-corrected chi connectivity index (χ1v) is 7.50. The van der Waals surface area contributed by atoms with E-state index in [9.17, 15) is 0 Å². The third kappa shape index (κ3) is 2.85. The molecule has 2 nitrogen and oxygen atoms in total. The molecule has 0 amide bonds. The molecular formula is C15H21NOS. The van der Waals surface area contributed by atoms with Gasteiger partial charge in [-0.3, -0.25) is 0 Å². The van der Waals surface area contributed by atoms with Crippen LogP contribution in [0.2, 0.25) is 0 Å². The summed E-state index contributed by atoms with van der Waals surface area (Å²) in [5.74, 6) is 2.09. The van der Waals surface area contributed by atoms with Crippen LogP contribution in [0.3, 0.4) is 0 Å². The number of furan rings is 1. The van der Waals surface area contributed by atoms with E-state index in [0.717, 1.165) is 30.9 Å². The van der Waals surface area contributed by atoms with Gasteiger partial charge in [-0.1, -0.05) is 13.8 Å². The highest BCUT2D eigenvalue weighted by Gasteiger charge is 2.19. The summed E-state index contributed by atoms with van der Waals surface area (Å²) in [5, 5.41) is 5.73. The van der Waals surface area contributed by atoms with Gasteiger partial charge in [-0.25, -0.2) is 0 Å². The van der Waals surface area contributed by atoms with Crippen molar-refractivity contribution < 1.29 is 4.42 Å². The molecule has 0 saturated heterocycles. The van der Waals surface area contributed by atoms with Gasteiger partial charge in [0.2, 0.25) is 0 Å². The van der Waals surface area contributed by atoms with Gasteiger partial charge >= 0.3 is 0 Å². The van der Waals surface area contributed by atoms with Gasteiger partial charge in [-0.2, -0.15) is 0 Å². The number of hydrogen-bond donors (Lipinski definition) is 1. The predicted molar refractivity (Wildman–Crippen MR) is 77.3 cm³/mol. The maximum absolute atomic E-state index is 5.91. The first kappa shape index (κ1) is 13.4. The van der Waals surface area contributed by atoms with Crippen molar-refractivity contribution in [3.8, 4) is 0 Å². The zero-order chi connectivity index (χ0) is 13.0. The summed E-state index contributed by atoms with van der Waals surface area (Å²) < 4.78 is 5.91. The summed E-state index contributed by atoms with van der Waals surface area (Å²) in [7, 11) is 0. The van der Waals surface area contributed by atoms with Crippen LogP contribution in [0.25, 0.3) is 0 Å². The van der Waals surface area contributed by atoms with E-state index in [1.165, 1.54) is 10.4 Å². The monoisotopic (exact) mass is 263 g/mol. The van der Waals surface area contributed by atoms with Crippen molar-refractivity contribution in [2.45, 2.75) is 39.7 Å². The van der Waals surface area contributed by atoms with E-state index in [2.05, 4.69) is 49.7 Å². The molecule has 0 radical (unpaired) electrons. The molecule has 98 valence electrons. The Labute approximate surface area is 113 Å². The summed E-state index contributed by atoms with van der Waals surface area (Å²) in [6, 6.07) is 6.55. The fourth-order valence-electron chi connectivity index (χ4n) is 2.03. The second-order valence-corrected chi connectivity index (χ2v) is 5.46. The van der Waals surface area contributed by atoms with Crippen molar-refractivity contribution in [1.29, 1.82) is 0 Å². The fourth-order valence-corrected chi connectivity index (χ4v) is 3.04. The Kier molecular flexibility index (Phi) is 4.61. The molecule has 0 fully saturated rings. The van der Waals surface area contributed by atoms with Crippen LogP contribution in [0.15, 0.2) is 28.0 Å². The molecule has 0 aliphatic carbocycles. The highest BCUT2D eigenvalue weighted by Crippen LogP contribution is 2.30. The molecule has 0 spiro atoms. The van der Waals surface area contributed by atoms with E-state index in [-0.39, 0.29) is 6.04 Å². The van der Waals surface area contributed by atoms with Crippen LogP contribution in [-0.4, -0.2) is 6.54 Å². The Morgan fingerprint density at radius 3 is 2.67 bits per heavy atom. The summed E-state index contributed by atoms with van der Waals surface area (Å²) in [5.41, 5.74) is 1.34. The van der Waals surface area contributed by atoms with Crippen molar-refractivity contribution in [3.05, 3.63) is 45.5 Å². The Morgan fingerprint density at radius 2 is 2.11 bits per heavy atom. The minimum Gasteiger partial charge on any atom is -0.464 e. The Bertz CT molecular complexity index is 486. The highest BCUT2D eigenvalue weighted by molar-refractivity contribution is 7.10. The Hall–Kier alpha value is -1.06. The first-order valence-electron chi connectivity index (χ1n) is 6.62. The molecule has 2 aromatic rings. The highest BCUT2D eigenvalue weighted by atomic mass is 32.1. The molecule has 0 saturated carbocycles. The summed E-state index contributed by atoms with van der Waals surface area (Å²) in [6.45, 7) is 7.47. The lowest BCUT2D eigenvalue weighted by Crippen LogP contribution is -2.22. The van der Waals surface area contributed by atoms with Gasteiger partial charge in [-0.05, 0) is 49.0 Å². The minimum absolute atomic E-state index is 0.199. The van der Waals surface area contributed by atoms with Crippen LogP contribution < -0.4 is 5.32 Å². The zero-order valence-electron chi connectivity index (χ0n) is 11.3. The third-order valence-corrected chi connectivity index (χ3v) is 4.16. The van der Waals surface area contributed by atoms with Crippen LogP contribution in [0.5, 0.6) is 0 Å². The molecule has 1 unspecified atom stereocenters. The zero-order valence-corrected chi connectivity index (χ0v) is 12.1. The minimum atomic E-state index is 0.199. The number of rotatable bonds is 6. The number of thiophene rings is 1. The molecule has 1 atom stereocenters. The number of nitrogens with one attached hydrogen (secondary N) is 1. The maximum Gasteiger partial charge on any atom is 0.126 e. The van der Waals surface area contributed by atoms with Crippen molar-refractivity contribution in [3.63, 3.8) is 0 Å². The van der Waals surface area contributed by atoms with E-state index in [0.29, 0.717) is 0 Å². The van der Waals surface area contributed by atoms with Crippen molar-refractivity contribution in [2.24, 2.45) is 0 Å². The van der Waals surface area contributed by atoms with E-state index in [4.69, 9.17) is 4.42 Å². The molecule has 18 heavy (non-hydrogen) atoms. The Morgan fingerprint density at radius 1 is 1.28 bits per heavy atom. The molecule has 2 rings (SSSR count). The second kappa shape index (κ2) is 6.21. The quantitative estimate of drug-likeness (QED) is 0.840. The van der Waals surface area contributed by atoms with E-state index in [1.54, 1.807) is 11.3 Å². The van der Waals surface area contributed by atoms with Crippen LogP contribution in [0.1, 0.15) is 48.3 Å². The number of aryl methyl sites for hydroxylation is 2. The van der Waals surface area contributed by atoms with Crippen LogP contribution in [0, 0.1) is 6.92 Å². The van der Waals surface area contributed by atoms with Crippen molar-refractivity contribution >= 4 is 11.3 Å². The lowest BCUT2D eigenvalue weighted by molar-refractivity contribution is 0.424. The van der Waals surface area contributed by atoms with E-state index < -0.39 is 0 Å². The molecule has 1 N–H and O–H groups in total. The summed E-state index contributed by atoms with van der Waals surface area (Å²) in [6.07, 6.45) is 2.08. The summed E-state index contributed by atoms with van der Waals surface area (Å²) >= 11 is 1.80. The van der Waals surface area contributed by atoms with Gasteiger partial charge in [0.15, 0.2) is 0 Å². The van der Waals surface area contributed by atoms with Crippen LogP contribution in [0.4, 0.5) is 0 Å². The van der Waals surface area contributed by atoms with Gasteiger partial charge in [0.05, 0.1) is 0 Å². The van der Waals surface area contributed by atoms with Gasteiger partial charge in [-0.15, -0.1) is 11.3 Å². The molecule has 0 bridgehead atoms. The van der Waals surface area contributed by atoms with Crippen LogP contribution in [-0.2, 0) is 6.42 Å². The lowest BCUT2D eigenvalue weighted by Gasteiger charge is -2.16. The average molecular weight is 263 g/mol. The van der Waals surface area contributed by atoms with Gasteiger partial charge in [0.25, 0.3) is 0 Å². The molecule has 0 aromatic carbocycles. The summed E-state index contributed by atoms with van der Waals surface area (Å²) in [4.78, 5) is 1.36. The van der Waals surface area contributed by atoms with Crippen molar-refractivity contribution in [2.75, 3.05) is 6.54 Å². The molecule has 0 aliphatic heterocycles. The SMILES string of the molecule is CCCNC(c1ccc(CC)o1)c1sccc1C. The third-order valence-electron chi connectivity index (χ3n) is 3.08. The molecule has 2 heterocycles. The second-order valence-electron chi connectivity index (χ2n) is 4.51. The maximum atomic E-state index is 5.91. The predicted octanol–water partition coefficient (Wildman–Crippen LogP) is 4.30. The molecule has 0 aliphatic rings. The van der Waals surface area contributed by atoms with E-state index in [1.807, 2.05) is 0 Å². The average Bonchev–Trinajstić information content (AvgIpc) is 3.00. The Balaban J connectivity index is 2.27. The normalized spacial score (nSPS) is 12.8. The fraction of sp³-hybridized carbons (Fsp3) is 0.467. The molecule has 2 aromatic heterocycles. The van der Waals surface area contributed by atoms with E-state index >= 15 is 0 Å². The smallest absolute Gasteiger partial charge is 0.126 e. The van der Waals surface area contributed by atoms with Crippen LogP contribution >= 0.6 is 11.3 Å². The topological polar surface area (TPSA) is 25.2 Å². The first-order chi connectivity index (χ1) is 8.76. The lowest BCUT2D eigenvalue weighted by atomic mass is 10.1. The number of hydrogen-bond acceptors (Lipinski definition) is 3. The molecular weight excluding hydrogens is 242 g/mol. The van der Waals surface area contributed by atoms with Gasteiger partial charge in [0, 0.05) is 11.3 Å². The largest absolute Gasteiger partial charge is 0.464 e. The van der Waals surface area contributed by atoms with Gasteiger partial charge in [0.1, 0.15) is 17.6 Å². The van der Waals surface area contributed by atoms with Crippen molar-refractivity contribution in [1.82, 2.24) is 5.32 Å². The van der Waals surface area contributed by atoms with Gasteiger partial charge < -0.3 is 9.73 Å². The molecule has 3 heteroatoms. The standard InChI is InChI=1S/C15H21NOS/c1-4-9-16-14(15-11(3)8-10-18-15)13-7-6-12(5-2)17-13/h6-8,10,14,16H,4-5,9H2,1-3H3.